The van der Waals surface area contributed by atoms with E-state index in [1.807, 2.05) is 36.4 Å². The molecule has 0 N–H and O–H groups in total. The summed E-state index contributed by atoms with van der Waals surface area (Å²) in [5.74, 6) is 5.98. The zero-order chi connectivity index (χ0) is 15.8. The Kier molecular flexibility index (Phi) is 5.80. The van der Waals surface area contributed by atoms with E-state index in [-0.39, 0.29) is 5.97 Å². The van der Waals surface area contributed by atoms with E-state index in [4.69, 9.17) is 4.74 Å². The molecular formula is C20H20O2. The van der Waals surface area contributed by atoms with E-state index in [2.05, 4.69) is 18.8 Å². The maximum atomic E-state index is 12.1. The van der Waals surface area contributed by atoms with Gasteiger partial charge in [0.05, 0.1) is 5.56 Å². The molecule has 0 aliphatic carbocycles. The number of hydrogen-bond donors (Lipinski definition) is 0. The van der Waals surface area contributed by atoms with Crippen molar-refractivity contribution in [2.45, 2.75) is 33.1 Å². The fourth-order valence-corrected chi connectivity index (χ4v) is 2.11. The van der Waals surface area contributed by atoms with Crippen molar-refractivity contribution >= 4 is 5.97 Å². The Hall–Kier alpha value is -2.53. The third-order valence-electron chi connectivity index (χ3n) is 3.34. The molecule has 0 spiro atoms. The molecule has 0 atom stereocenters. The SMILES string of the molecule is CC#Cc1ccc(OC(=O)c2ccc(CCCC)cc2)cc1. The molecule has 0 heterocycles. The van der Waals surface area contributed by atoms with Crippen LogP contribution in [0.4, 0.5) is 0 Å². The molecular weight excluding hydrogens is 272 g/mol. The van der Waals surface area contributed by atoms with E-state index in [0.29, 0.717) is 11.3 Å². The van der Waals surface area contributed by atoms with Crippen LogP contribution < -0.4 is 4.74 Å². The van der Waals surface area contributed by atoms with Crippen molar-refractivity contribution in [1.29, 1.82) is 0 Å². The predicted molar refractivity (Wildman–Crippen MR) is 89.0 cm³/mol. The van der Waals surface area contributed by atoms with Gasteiger partial charge in [-0.3, -0.25) is 0 Å². The Labute approximate surface area is 132 Å². The third kappa shape index (κ3) is 4.49. The first-order chi connectivity index (χ1) is 10.7. The highest BCUT2D eigenvalue weighted by molar-refractivity contribution is 5.91. The molecule has 2 heteroatoms. The summed E-state index contributed by atoms with van der Waals surface area (Å²) in [5, 5.41) is 0. The maximum absolute atomic E-state index is 12.1. The summed E-state index contributed by atoms with van der Waals surface area (Å²) in [4.78, 5) is 12.1. The minimum Gasteiger partial charge on any atom is -0.423 e. The van der Waals surface area contributed by atoms with Crippen LogP contribution in [0.5, 0.6) is 5.75 Å². The summed E-state index contributed by atoms with van der Waals surface area (Å²) in [6.45, 7) is 3.96. The second-order valence-electron chi connectivity index (χ2n) is 5.09. The molecule has 0 unspecified atom stereocenters. The molecule has 0 saturated heterocycles. The molecule has 22 heavy (non-hydrogen) atoms. The predicted octanol–water partition coefficient (Wildman–Crippen LogP) is 4.62. The van der Waals surface area contributed by atoms with Gasteiger partial charge in [-0.05, 0) is 61.7 Å². The Morgan fingerprint density at radius 3 is 2.32 bits per heavy atom. The average Bonchev–Trinajstić information content (AvgIpc) is 2.55. The standard InChI is InChI=1S/C20H20O2/c1-3-5-7-17-8-12-18(13-9-17)20(21)22-19-14-10-16(6-4-2)11-15-19/h8-15H,3,5,7H2,1-2H3. The maximum Gasteiger partial charge on any atom is 0.343 e. The highest BCUT2D eigenvalue weighted by atomic mass is 16.5. The summed E-state index contributed by atoms with van der Waals surface area (Å²) in [6, 6.07) is 14.8. The van der Waals surface area contributed by atoms with Gasteiger partial charge in [0, 0.05) is 5.56 Å². The molecule has 0 fully saturated rings. The molecule has 0 aliphatic heterocycles. The summed E-state index contributed by atoms with van der Waals surface area (Å²) < 4.78 is 5.37. The number of rotatable bonds is 5. The smallest absolute Gasteiger partial charge is 0.343 e. The normalized spacial score (nSPS) is 9.73. The number of unbranched alkanes of at least 4 members (excludes halogenated alkanes) is 1. The summed E-state index contributed by atoms with van der Waals surface area (Å²) >= 11 is 0. The van der Waals surface area contributed by atoms with E-state index in [9.17, 15) is 4.79 Å². The lowest BCUT2D eigenvalue weighted by atomic mass is 10.1. The highest BCUT2D eigenvalue weighted by Crippen LogP contribution is 2.15. The van der Waals surface area contributed by atoms with Crippen LogP contribution in [0.2, 0.25) is 0 Å². The lowest BCUT2D eigenvalue weighted by molar-refractivity contribution is 0.0735. The Morgan fingerprint density at radius 2 is 1.73 bits per heavy atom. The first-order valence-electron chi connectivity index (χ1n) is 7.57. The van der Waals surface area contributed by atoms with E-state index in [1.54, 1.807) is 19.1 Å². The van der Waals surface area contributed by atoms with Crippen molar-refractivity contribution in [3.63, 3.8) is 0 Å². The topological polar surface area (TPSA) is 26.3 Å². The second-order valence-corrected chi connectivity index (χ2v) is 5.09. The number of carbonyl (C=O) groups is 1. The zero-order valence-electron chi connectivity index (χ0n) is 13.1. The van der Waals surface area contributed by atoms with Crippen molar-refractivity contribution in [2.24, 2.45) is 0 Å². The van der Waals surface area contributed by atoms with Crippen LogP contribution in [-0.4, -0.2) is 5.97 Å². The van der Waals surface area contributed by atoms with Crippen molar-refractivity contribution in [1.82, 2.24) is 0 Å². The van der Waals surface area contributed by atoms with Crippen molar-refractivity contribution in [3.05, 3.63) is 65.2 Å². The quantitative estimate of drug-likeness (QED) is 0.456. The van der Waals surface area contributed by atoms with Gasteiger partial charge in [-0.25, -0.2) is 4.79 Å². The van der Waals surface area contributed by atoms with E-state index in [0.717, 1.165) is 18.4 Å². The number of ether oxygens (including phenoxy) is 1. The number of benzene rings is 2. The van der Waals surface area contributed by atoms with E-state index >= 15 is 0 Å². The van der Waals surface area contributed by atoms with Crippen molar-refractivity contribution < 1.29 is 9.53 Å². The first-order valence-corrected chi connectivity index (χ1v) is 7.57. The molecule has 112 valence electrons. The van der Waals surface area contributed by atoms with Gasteiger partial charge in [0.2, 0.25) is 0 Å². The minimum atomic E-state index is -0.337. The average molecular weight is 292 g/mol. The van der Waals surface area contributed by atoms with Crippen LogP contribution in [-0.2, 0) is 6.42 Å². The number of carbonyl (C=O) groups excluding carboxylic acids is 1. The lowest BCUT2D eigenvalue weighted by Crippen LogP contribution is -2.08. The number of hydrogen-bond acceptors (Lipinski definition) is 2. The molecule has 0 amide bonds. The van der Waals surface area contributed by atoms with Crippen LogP contribution >= 0.6 is 0 Å². The second kappa shape index (κ2) is 8.05. The van der Waals surface area contributed by atoms with Gasteiger partial charge in [-0.2, -0.15) is 0 Å². The Morgan fingerprint density at radius 1 is 1.05 bits per heavy atom. The summed E-state index contributed by atoms with van der Waals surface area (Å²) in [6.07, 6.45) is 3.38. The van der Waals surface area contributed by atoms with Gasteiger partial charge in [0.25, 0.3) is 0 Å². The molecule has 0 aromatic heterocycles. The number of esters is 1. The lowest BCUT2D eigenvalue weighted by Gasteiger charge is -2.05. The minimum absolute atomic E-state index is 0.337. The zero-order valence-corrected chi connectivity index (χ0v) is 13.1. The summed E-state index contributed by atoms with van der Waals surface area (Å²) in [7, 11) is 0. The van der Waals surface area contributed by atoms with Crippen LogP contribution in [0.25, 0.3) is 0 Å². The van der Waals surface area contributed by atoms with E-state index < -0.39 is 0 Å². The van der Waals surface area contributed by atoms with Gasteiger partial charge in [0.15, 0.2) is 0 Å². The molecule has 0 aliphatic rings. The molecule has 2 aromatic carbocycles. The number of aryl methyl sites for hydroxylation is 1. The molecule has 0 bridgehead atoms. The largest absolute Gasteiger partial charge is 0.423 e. The first kappa shape index (κ1) is 15.9. The van der Waals surface area contributed by atoms with Crippen LogP contribution in [0.1, 0.15) is 48.2 Å². The fourth-order valence-electron chi connectivity index (χ4n) is 2.11. The Balaban J connectivity index is 2.00. The van der Waals surface area contributed by atoms with Crippen LogP contribution in [0.3, 0.4) is 0 Å². The molecule has 2 nitrogen and oxygen atoms in total. The molecule has 0 radical (unpaired) electrons. The van der Waals surface area contributed by atoms with Gasteiger partial charge in [-0.1, -0.05) is 31.4 Å². The Bertz CT molecular complexity index is 670. The van der Waals surface area contributed by atoms with Crippen LogP contribution in [0, 0.1) is 11.8 Å². The highest BCUT2D eigenvalue weighted by Gasteiger charge is 2.08. The van der Waals surface area contributed by atoms with Gasteiger partial charge >= 0.3 is 5.97 Å². The van der Waals surface area contributed by atoms with Crippen molar-refractivity contribution in [3.8, 4) is 17.6 Å². The van der Waals surface area contributed by atoms with Gasteiger partial charge < -0.3 is 4.74 Å². The van der Waals surface area contributed by atoms with E-state index in [1.165, 1.54) is 12.0 Å². The molecule has 0 saturated carbocycles. The fraction of sp³-hybridized carbons (Fsp3) is 0.250. The van der Waals surface area contributed by atoms with Crippen LogP contribution in [0.15, 0.2) is 48.5 Å². The summed E-state index contributed by atoms with van der Waals surface area (Å²) in [5.41, 5.74) is 2.72. The van der Waals surface area contributed by atoms with Gasteiger partial charge in [-0.15, -0.1) is 5.92 Å². The third-order valence-corrected chi connectivity index (χ3v) is 3.34. The monoisotopic (exact) mass is 292 g/mol. The molecule has 2 rings (SSSR count). The van der Waals surface area contributed by atoms with Crippen molar-refractivity contribution in [2.75, 3.05) is 0 Å². The van der Waals surface area contributed by atoms with Gasteiger partial charge in [0.1, 0.15) is 5.75 Å². The molecule has 2 aromatic rings.